The van der Waals surface area contributed by atoms with E-state index in [9.17, 15) is 9.59 Å². The molecule has 120 valence electrons. The summed E-state index contributed by atoms with van der Waals surface area (Å²) in [6.45, 7) is 0. The third kappa shape index (κ3) is 3.58. The highest BCUT2D eigenvalue weighted by Crippen LogP contribution is 2.31. The van der Waals surface area contributed by atoms with Crippen molar-refractivity contribution in [2.24, 2.45) is 0 Å². The Balaban J connectivity index is 1.79. The number of nitrogens with zero attached hydrogens (tertiary/aromatic N) is 1. The van der Waals surface area contributed by atoms with Crippen LogP contribution in [0, 0.1) is 0 Å². The van der Waals surface area contributed by atoms with Crippen LogP contribution >= 0.6 is 39.9 Å². The number of carbonyl (C=O) groups excluding carboxylic acids is 2. The van der Waals surface area contributed by atoms with E-state index in [1.54, 1.807) is 24.3 Å². The van der Waals surface area contributed by atoms with Crippen molar-refractivity contribution in [1.29, 1.82) is 0 Å². The molecule has 2 aromatic rings. The van der Waals surface area contributed by atoms with Crippen LogP contribution in [-0.4, -0.2) is 21.1 Å². The summed E-state index contributed by atoms with van der Waals surface area (Å²) in [5, 5.41) is 1.11. The standard InChI is InChI=1S/C17H11BrN2O2S2/c18-13-9-5-4-8-12(13)15(21)19-20-16(22)14(24-17(20)23)10-11-6-2-1-3-7-11/h1-10H,(H,19,21)/b14-10-. The monoisotopic (exact) mass is 418 g/mol. The van der Waals surface area contributed by atoms with Crippen molar-refractivity contribution in [2.75, 3.05) is 0 Å². The Morgan fingerprint density at radius 1 is 1.12 bits per heavy atom. The van der Waals surface area contributed by atoms with Gasteiger partial charge in [-0.05, 0) is 51.9 Å². The number of thioether (sulfide) groups is 1. The molecule has 1 aliphatic rings. The lowest BCUT2D eigenvalue weighted by Crippen LogP contribution is -2.44. The van der Waals surface area contributed by atoms with E-state index >= 15 is 0 Å². The number of thiocarbonyl (C=S) groups is 1. The van der Waals surface area contributed by atoms with Crippen LogP contribution in [0.3, 0.4) is 0 Å². The summed E-state index contributed by atoms with van der Waals surface area (Å²) in [7, 11) is 0. The number of hydrazine groups is 1. The van der Waals surface area contributed by atoms with E-state index in [4.69, 9.17) is 12.2 Å². The lowest BCUT2D eigenvalue weighted by atomic mass is 10.2. The maximum atomic E-state index is 12.5. The minimum atomic E-state index is -0.403. The van der Waals surface area contributed by atoms with Gasteiger partial charge in [-0.1, -0.05) is 54.2 Å². The first kappa shape index (κ1) is 16.9. The molecule has 0 atom stereocenters. The molecule has 0 radical (unpaired) electrons. The molecule has 0 aliphatic carbocycles. The van der Waals surface area contributed by atoms with Crippen LogP contribution in [0.2, 0.25) is 0 Å². The van der Waals surface area contributed by atoms with Gasteiger partial charge in [-0.3, -0.25) is 15.0 Å². The third-order valence-corrected chi connectivity index (χ3v) is 5.22. The average Bonchev–Trinajstić information content (AvgIpc) is 2.83. The number of halogens is 1. The number of hydrogen-bond acceptors (Lipinski definition) is 4. The van der Waals surface area contributed by atoms with Gasteiger partial charge in [0, 0.05) is 4.47 Å². The fraction of sp³-hybridized carbons (Fsp3) is 0. The summed E-state index contributed by atoms with van der Waals surface area (Å²) in [6, 6.07) is 16.5. The van der Waals surface area contributed by atoms with Crippen LogP contribution < -0.4 is 5.43 Å². The molecule has 0 bridgehead atoms. The van der Waals surface area contributed by atoms with Gasteiger partial charge in [-0.2, -0.15) is 5.01 Å². The lowest BCUT2D eigenvalue weighted by Gasteiger charge is -2.16. The van der Waals surface area contributed by atoms with Crippen LogP contribution in [-0.2, 0) is 4.79 Å². The molecule has 0 spiro atoms. The molecule has 4 nitrogen and oxygen atoms in total. The van der Waals surface area contributed by atoms with Crippen LogP contribution in [0.5, 0.6) is 0 Å². The number of carbonyl (C=O) groups is 2. The second-order valence-corrected chi connectivity index (χ2v) is 7.38. The van der Waals surface area contributed by atoms with Crippen molar-refractivity contribution in [3.05, 3.63) is 75.1 Å². The summed E-state index contributed by atoms with van der Waals surface area (Å²) in [4.78, 5) is 25.3. The third-order valence-electron chi connectivity index (χ3n) is 3.22. The number of benzene rings is 2. The largest absolute Gasteiger partial charge is 0.285 e. The molecule has 0 unspecified atom stereocenters. The Morgan fingerprint density at radius 3 is 2.50 bits per heavy atom. The number of hydrogen-bond donors (Lipinski definition) is 1. The van der Waals surface area contributed by atoms with Gasteiger partial charge in [0.15, 0.2) is 4.32 Å². The van der Waals surface area contributed by atoms with Crippen LogP contribution in [0.1, 0.15) is 15.9 Å². The average molecular weight is 419 g/mol. The van der Waals surface area contributed by atoms with Crippen molar-refractivity contribution in [3.8, 4) is 0 Å². The molecule has 3 rings (SSSR count). The SMILES string of the molecule is O=C(NN1C(=O)/C(=C/c2ccccc2)SC1=S)c1ccccc1Br. The normalized spacial score (nSPS) is 15.9. The Morgan fingerprint density at radius 2 is 1.79 bits per heavy atom. The molecule has 1 fully saturated rings. The van der Waals surface area contributed by atoms with E-state index in [1.165, 1.54) is 0 Å². The van der Waals surface area contributed by atoms with Crippen LogP contribution in [0.4, 0.5) is 0 Å². The first-order chi connectivity index (χ1) is 11.6. The molecule has 24 heavy (non-hydrogen) atoms. The van der Waals surface area contributed by atoms with Gasteiger partial charge in [0.25, 0.3) is 11.8 Å². The minimum absolute atomic E-state index is 0.294. The molecule has 1 N–H and O–H groups in total. The van der Waals surface area contributed by atoms with E-state index in [1.807, 2.05) is 36.4 Å². The second-order valence-electron chi connectivity index (χ2n) is 4.85. The van der Waals surface area contributed by atoms with E-state index in [0.29, 0.717) is 19.3 Å². The Bertz CT molecular complexity index is 853. The van der Waals surface area contributed by atoms with E-state index in [2.05, 4.69) is 21.4 Å². The smallest absolute Gasteiger partial charge is 0.267 e. The highest BCUT2D eigenvalue weighted by atomic mass is 79.9. The Kier molecular flexibility index (Phi) is 5.13. The number of rotatable bonds is 3. The summed E-state index contributed by atoms with van der Waals surface area (Å²) in [5.74, 6) is -0.742. The molecule has 1 saturated heterocycles. The van der Waals surface area contributed by atoms with Crippen molar-refractivity contribution in [3.63, 3.8) is 0 Å². The van der Waals surface area contributed by atoms with Gasteiger partial charge in [0.1, 0.15) is 0 Å². The Hall–Kier alpha value is -1.96. The number of amides is 2. The van der Waals surface area contributed by atoms with Crippen LogP contribution in [0.15, 0.2) is 64.0 Å². The fourth-order valence-electron chi connectivity index (χ4n) is 2.07. The predicted octanol–water partition coefficient (Wildman–Crippen LogP) is 4.00. The highest BCUT2D eigenvalue weighted by Gasteiger charge is 2.33. The number of nitrogens with one attached hydrogen (secondary N) is 1. The molecule has 2 amide bonds. The van der Waals surface area contributed by atoms with Crippen molar-refractivity contribution in [2.45, 2.75) is 0 Å². The maximum absolute atomic E-state index is 12.5. The Labute approximate surface area is 157 Å². The van der Waals surface area contributed by atoms with Crippen LogP contribution in [0.25, 0.3) is 6.08 Å². The van der Waals surface area contributed by atoms with E-state index in [-0.39, 0.29) is 5.91 Å². The van der Waals surface area contributed by atoms with Gasteiger partial charge in [0.05, 0.1) is 10.5 Å². The zero-order chi connectivity index (χ0) is 17.1. The van der Waals surface area contributed by atoms with Gasteiger partial charge >= 0.3 is 0 Å². The van der Waals surface area contributed by atoms with Crippen molar-refractivity contribution in [1.82, 2.24) is 10.4 Å². The van der Waals surface area contributed by atoms with Gasteiger partial charge in [0.2, 0.25) is 0 Å². The summed E-state index contributed by atoms with van der Waals surface area (Å²) >= 11 is 9.69. The first-order valence-corrected chi connectivity index (χ1v) is 8.96. The fourth-order valence-corrected chi connectivity index (χ4v) is 3.72. The molecular formula is C17H11BrN2O2S2. The van der Waals surface area contributed by atoms with E-state index < -0.39 is 5.91 Å². The summed E-state index contributed by atoms with van der Waals surface area (Å²) < 4.78 is 0.940. The molecular weight excluding hydrogens is 408 g/mol. The van der Waals surface area contributed by atoms with Gasteiger partial charge in [-0.25, -0.2) is 0 Å². The van der Waals surface area contributed by atoms with Crippen molar-refractivity contribution >= 4 is 62.1 Å². The minimum Gasteiger partial charge on any atom is -0.267 e. The molecule has 7 heteroatoms. The summed E-state index contributed by atoms with van der Waals surface area (Å²) in [6.07, 6.45) is 1.75. The molecule has 0 saturated carbocycles. The zero-order valence-electron chi connectivity index (χ0n) is 12.2. The second kappa shape index (κ2) is 7.29. The van der Waals surface area contributed by atoms with Gasteiger partial charge in [-0.15, -0.1) is 0 Å². The van der Waals surface area contributed by atoms with Gasteiger partial charge < -0.3 is 0 Å². The van der Waals surface area contributed by atoms with E-state index in [0.717, 1.165) is 22.3 Å². The molecule has 0 aromatic heterocycles. The predicted molar refractivity (Wildman–Crippen MR) is 103 cm³/mol. The summed E-state index contributed by atoms with van der Waals surface area (Å²) in [5.41, 5.74) is 3.89. The zero-order valence-corrected chi connectivity index (χ0v) is 15.5. The van der Waals surface area contributed by atoms with Crippen molar-refractivity contribution < 1.29 is 9.59 Å². The highest BCUT2D eigenvalue weighted by molar-refractivity contribution is 9.10. The molecule has 1 aliphatic heterocycles. The topological polar surface area (TPSA) is 49.4 Å². The molecule has 2 aromatic carbocycles. The molecule has 1 heterocycles. The lowest BCUT2D eigenvalue weighted by molar-refractivity contribution is -0.123. The first-order valence-electron chi connectivity index (χ1n) is 6.95. The quantitative estimate of drug-likeness (QED) is 0.604. The maximum Gasteiger partial charge on any atom is 0.285 e.